The Hall–Kier alpha value is -1.20. The van der Waals surface area contributed by atoms with Gasteiger partial charge in [-0.3, -0.25) is 4.79 Å². The van der Waals surface area contributed by atoms with Gasteiger partial charge in [0.05, 0.1) is 12.3 Å². The summed E-state index contributed by atoms with van der Waals surface area (Å²) in [6.45, 7) is 3.70. The molecule has 0 saturated carbocycles. The van der Waals surface area contributed by atoms with Crippen LogP contribution in [0.4, 0.5) is 0 Å². The first-order chi connectivity index (χ1) is 6.63. The number of primary amides is 1. The molecule has 0 radical (unpaired) electrons. The van der Waals surface area contributed by atoms with Gasteiger partial charge in [-0.15, -0.1) is 0 Å². The maximum Gasteiger partial charge on any atom is 0.267 e. The zero-order valence-electron chi connectivity index (χ0n) is 7.99. The normalized spacial score (nSPS) is 8.86. The third kappa shape index (κ3) is 3.68. The summed E-state index contributed by atoms with van der Waals surface area (Å²) >= 11 is 5.43. The Bertz CT molecular complexity index is 317. The number of carbonyl (C=O) groups excluding carboxylic acids is 1. The quantitative estimate of drug-likeness (QED) is 0.716. The number of halogens is 1. The molecule has 0 aliphatic rings. The van der Waals surface area contributed by atoms with Crippen LogP contribution in [0.3, 0.4) is 0 Å². The lowest BCUT2D eigenvalue weighted by Crippen LogP contribution is -2.14. The maximum absolute atomic E-state index is 10.6. The van der Waals surface area contributed by atoms with E-state index < -0.39 is 5.91 Å². The fraction of sp³-hybridized carbons (Fsp3) is 0.375. The van der Waals surface area contributed by atoms with E-state index in [4.69, 9.17) is 22.4 Å². The van der Waals surface area contributed by atoms with Crippen molar-refractivity contribution in [3.8, 4) is 0 Å². The fourth-order valence-corrected chi connectivity index (χ4v) is 0.872. The molecule has 0 fully saturated rings. The number of amides is 1. The van der Waals surface area contributed by atoms with Gasteiger partial charge in [0.2, 0.25) is 5.28 Å². The largest absolute Gasteiger partial charge is 0.390 e. The van der Waals surface area contributed by atoms with Crippen LogP contribution in [-0.4, -0.2) is 21.0 Å². The molecular formula is C8H12ClN3O2. The predicted molar refractivity (Wildman–Crippen MR) is 52.8 cm³/mol. The molecule has 78 valence electrons. The molecule has 3 N–H and O–H groups in total. The Morgan fingerprint density at radius 1 is 1.57 bits per heavy atom. The second kappa shape index (κ2) is 6.28. The van der Waals surface area contributed by atoms with Crippen LogP contribution >= 0.6 is 11.6 Å². The second-order valence-corrected chi connectivity index (χ2v) is 2.37. The van der Waals surface area contributed by atoms with Gasteiger partial charge >= 0.3 is 0 Å². The summed E-state index contributed by atoms with van der Waals surface area (Å²) in [7, 11) is 0. The van der Waals surface area contributed by atoms with Crippen LogP contribution in [0.1, 0.15) is 30.0 Å². The van der Waals surface area contributed by atoms with Gasteiger partial charge in [0, 0.05) is 0 Å². The highest BCUT2D eigenvalue weighted by Crippen LogP contribution is 2.05. The molecule has 0 aliphatic heterocycles. The molecule has 6 heteroatoms. The Kier molecular flexibility index (Phi) is 5.74. The molecule has 0 spiro atoms. The summed E-state index contributed by atoms with van der Waals surface area (Å²) in [6, 6.07) is 1.29. The van der Waals surface area contributed by atoms with Gasteiger partial charge in [0.25, 0.3) is 5.91 Å². The molecular weight excluding hydrogens is 206 g/mol. The third-order valence-electron chi connectivity index (χ3n) is 1.17. The maximum atomic E-state index is 10.6. The van der Waals surface area contributed by atoms with Crippen molar-refractivity contribution in [2.45, 2.75) is 20.5 Å². The first-order valence-electron chi connectivity index (χ1n) is 4.07. The van der Waals surface area contributed by atoms with Gasteiger partial charge in [-0.25, -0.2) is 9.97 Å². The summed E-state index contributed by atoms with van der Waals surface area (Å²) in [6.07, 6.45) is 0. The van der Waals surface area contributed by atoms with E-state index in [1.54, 1.807) is 0 Å². The Balaban J connectivity index is 0.000000791. The molecule has 0 unspecified atom stereocenters. The molecule has 14 heavy (non-hydrogen) atoms. The fourth-order valence-electron chi connectivity index (χ4n) is 0.672. The zero-order valence-corrected chi connectivity index (χ0v) is 8.75. The minimum absolute atomic E-state index is 0.000880. The Labute approximate surface area is 86.9 Å². The summed E-state index contributed by atoms with van der Waals surface area (Å²) < 4.78 is 0. The SMILES string of the molecule is CC.NC(=O)c1cc(CO)nc(Cl)n1. The number of aromatic nitrogens is 2. The average molecular weight is 218 g/mol. The highest BCUT2D eigenvalue weighted by Gasteiger charge is 2.06. The molecule has 1 aromatic heterocycles. The zero-order chi connectivity index (χ0) is 11.1. The van der Waals surface area contributed by atoms with Gasteiger partial charge in [-0.1, -0.05) is 13.8 Å². The molecule has 0 bridgehead atoms. The summed E-state index contributed by atoms with van der Waals surface area (Å²) in [5, 5.41) is 8.57. The number of carbonyl (C=O) groups is 1. The van der Waals surface area contributed by atoms with Crippen LogP contribution in [0.15, 0.2) is 6.07 Å². The number of aliphatic hydroxyl groups is 1. The lowest BCUT2D eigenvalue weighted by Gasteiger charge is -1.98. The van der Waals surface area contributed by atoms with Crippen molar-refractivity contribution in [1.29, 1.82) is 0 Å². The molecule has 0 aromatic carbocycles. The van der Waals surface area contributed by atoms with E-state index in [1.165, 1.54) is 6.07 Å². The van der Waals surface area contributed by atoms with E-state index in [9.17, 15) is 4.79 Å². The standard InChI is InChI=1S/C6H6ClN3O2.C2H6/c7-6-9-3(2-11)1-4(10-6)5(8)12;1-2/h1,11H,2H2,(H2,8,12);1-2H3. The molecule has 1 heterocycles. The summed E-state index contributed by atoms with van der Waals surface area (Å²) in [5.74, 6) is -0.700. The van der Waals surface area contributed by atoms with Crippen LogP contribution < -0.4 is 5.73 Å². The Morgan fingerprint density at radius 2 is 2.14 bits per heavy atom. The first kappa shape index (κ1) is 12.8. The van der Waals surface area contributed by atoms with Crippen molar-refractivity contribution in [3.63, 3.8) is 0 Å². The summed E-state index contributed by atoms with van der Waals surface area (Å²) in [4.78, 5) is 17.8. The first-order valence-corrected chi connectivity index (χ1v) is 4.45. The number of hydrogen-bond acceptors (Lipinski definition) is 4. The van der Waals surface area contributed by atoms with E-state index in [-0.39, 0.29) is 23.3 Å². The molecule has 1 amide bonds. The number of nitrogens with zero attached hydrogens (tertiary/aromatic N) is 2. The number of hydrogen-bond donors (Lipinski definition) is 2. The monoisotopic (exact) mass is 217 g/mol. The van der Waals surface area contributed by atoms with E-state index in [0.29, 0.717) is 0 Å². The number of nitrogens with two attached hydrogens (primary N) is 1. The molecule has 5 nitrogen and oxygen atoms in total. The van der Waals surface area contributed by atoms with Crippen LogP contribution in [0, 0.1) is 0 Å². The van der Waals surface area contributed by atoms with E-state index in [1.807, 2.05) is 13.8 Å². The molecule has 0 aliphatic carbocycles. The van der Waals surface area contributed by atoms with Crippen LogP contribution in [0.25, 0.3) is 0 Å². The van der Waals surface area contributed by atoms with E-state index >= 15 is 0 Å². The molecule has 1 aromatic rings. The molecule has 0 atom stereocenters. The third-order valence-corrected chi connectivity index (χ3v) is 1.34. The van der Waals surface area contributed by atoms with Gasteiger partial charge in [-0.05, 0) is 17.7 Å². The lowest BCUT2D eigenvalue weighted by molar-refractivity contribution is 0.0995. The van der Waals surface area contributed by atoms with E-state index in [0.717, 1.165) is 0 Å². The average Bonchev–Trinajstić information content (AvgIpc) is 2.20. The minimum Gasteiger partial charge on any atom is -0.390 e. The van der Waals surface area contributed by atoms with Crippen molar-refractivity contribution in [2.75, 3.05) is 0 Å². The predicted octanol–water partition coefficient (Wildman–Crippen LogP) is 0.747. The molecule has 1 rings (SSSR count). The highest BCUT2D eigenvalue weighted by atomic mass is 35.5. The van der Waals surface area contributed by atoms with Gasteiger partial charge in [-0.2, -0.15) is 0 Å². The Morgan fingerprint density at radius 3 is 2.57 bits per heavy atom. The van der Waals surface area contributed by atoms with Crippen LogP contribution in [-0.2, 0) is 6.61 Å². The second-order valence-electron chi connectivity index (χ2n) is 2.04. The number of aliphatic hydroxyl groups excluding tert-OH is 1. The summed E-state index contributed by atoms with van der Waals surface area (Å²) in [5.41, 5.74) is 5.20. The van der Waals surface area contributed by atoms with Crippen molar-refractivity contribution < 1.29 is 9.90 Å². The van der Waals surface area contributed by atoms with Crippen LogP contribution in [0.5, 0.6) is 0 Å². The van der Waals surface area contributed by atoms with Crippen molar-refractivity contribution in [1.82, 2.24) is 9.97 Å². The van der Waals surface area contributed by atoms with Crippen molar-refractivity contribution in [3.05, 3.63) is 22.7 Å². The van der Waals surface area contributed by atoms with Crippen LogP contribution in [0.2, 0.25) is 5.28 Å². The minimum atomic E-state index is -0.700. The van der Waals surface area contributed by atoms with Gasteiger partial charge < -0.3 is 10.8 Å². The van der Waals surface area contributed by atoms with Crippen molar-refractivity contribution >= 4 is 17.5 Å². The van der Waals surface area contributed by atoms with E-state index in [2.05, 4.69) is 9.97 Å². The topological polar surface area (TPSA) is 89.1 Å². The van der Waals surface area contributed by atoms with Gasteiger partial charge in [0.15, 0.2) is 0 Å². The van der Waals surface area contributed by atoms with Crippen molar-refractivity contribution in [2.24, 2.45) is 5.73 Å². The highest BCUT2D eigenvalue weighted by molar-refractivity contribution is 6.28. The molecule has 0 saturated heterocycles. The number of rotatable bonds is 2. The lowest BCUT2D eigenvalue weighted by atomic mass is 10.3. The smallest absolute Gasteiger partial charge is 0.267 e. The van der Waals surface area contributed by atoms with Gasteiger partial charge in [0.1, 0.15) is 5.69 Å².